The third-order valence-corrected chi connectivity index (χ3v) is 7.24. The first-order chi connectivity index (χ1) is 14.7. The Hall–Kier alpha value is -2.39. The predicted octanol–water partition coefficient (Wildman–Crippen LogP) is 4.34. The van der Waals surface area contributed by atoms with Gasteiger partial charge in [-0.1, -0.05) is 41.4 Å². The molecule has 31 heavy (non-hydrogen) atoms. The summed E-state index contributed by atoms with van der Waals surface area (Å²) in [6.45, 7) is 1.44. The van der Waals surface area contributed by atoms with Gasteiger partial charge in [0.15, 0.2) is 6.10 Å². The van der Waals surface area contributed by atoms with E-state index in [1.165, 1.54) is 13.0 Å². The molecule has 1 aromatic heterocycles. The van der Waals surface area contributed by atoms with Gasteiger partial charge in [-0.05, 0) is 38.0 Å². The number of ether oxygens (including phenoxy) is 1. The summed E-state index contributed by atoms with van der Waals surface area (Å²) in [7, 11) is -3.92. The molecule has 1 aliphatic rings. The molecule has 1 atom stereocenters. The maximum absolute atomic E-state index is 12.8. The summed E-state index contributed by atoms with van der Waals surface area (Å²) in [5.41, 5.74) is 0.971. The van der Waals surface area contributed by atoms with Crippen LogP contribution in [0.3, 0.4) is 0 Å². The zero-order chi connectivity index (χ0) is 22.3. The van der Waals surface area contributed by atoms with Gasteiger partial charge in [-0.25, -0.2) is 17.9 Å². The summed E-state index contributed by atoms with van der Waals surface area (Å²) in [6.07, 6.45) is 1.92. The van der Waals surface area contributed by atoms with Gasteiger partial charge in [0.05, 0.1) is 15.6 Å². The SMILES string of the molecule is CC(OC(=O)c1cc(S(=O)(=O)NC2CC2)c(Cl)cc1Cl)C(=O)c1c[nH]c2ccccc12. The number of rotatable bonds is 7. The number of esters is 1. The van der Waals surface area contributed by atoms with E-state index in [-0.39, 0.29) is 26.5 Å². The minimum Gasteiger partial charge on any atom is -0.451 e. The molecule has 0 aliphatic heterocycles. The second-order valence-corrected chi connectivity index (χ2v) is 9.81. The highest BCUT2D eigenvalue weighted by molar-refractivity contribution is 7.89. The molecule has 0 bridgehead atoms. The van der Waals surface area contributed by atoms with E-state index in [9.17, 15) is 18.0 Å². The van der Waals surface area contributed by atoms with Crippen molar-refractivity contribution in [2.24, 2.45) is 0 Å². The quantitative estimate of drug-likeness (QED) is 0.386. The summed E-state index contributed by atoms with van der Waals surface area (Å²) < 4.78 is 32.9. The lowest BCUT2D eigenvalue weighted by Gasteiger charge is -2.14. The number of para-hydroxylation sites is 1. The molecule has 2 aromatic carbocycles. The van der Waals surface area contributed by atoms with Gasteiger partial charge in [-0.2, -0.15) is 0 Å². The lowest BCUT2D eigenvalue weighted by molar-refractivity contribution is 0.0319. The third kappa shape index (κ3) is 4.48. The second kappa shape index (κ2) is 8.27. The maximum Gasteiger partial charge on any atom is 0.340 e. The normalized spacial score (nSPS) is 15.1. The molecule has 4 rings (SSSR count). The van der Waals surface area contributed by atoms with Crippen molar-refractivity contribution in [1.29, 1.82) is 0 Å². The summed E-state index contributed by atoms with van der Waals surface area (Å²) in [5, 5.41) is 0.518. The second-order valence-electron chi connectivity index (χ2n) is 7.32. The molecule has 162 valence electrons. The first-order valence-electron chi connectivity index (χ1n) is 9.50. The molecule has 3 aromatic rings. The van der Waals surface area contributed by atoms with Crippen LogP contribution in [0.4, 0.5) is 0 Å². The van der Waals surface area contributed by atoms with Crippen LogP contribution in [-0.2, 0) is 14.8 Å². The van der Waals surface area contributed by atoms with E-state index in [0.29, 0.717) is 10.9 Å². The van der Waals surface area contributed by atoms with Gasteiger partial charge in [0.1, 0.15) is 4.90 Å². The summed E-state index contributed by atoms with van der Waals surface area (Å²) >= 11 is 12.2. The van der Waals surface area contributed by atoms with E-state index in [1.54, 1.807) is 18.3 Å². The number of carbonyl (C=O) groups is 2. The van der Waals surface area contributed by atoms with Gasteiger partial charge in [-0.15, -0.1) is 0 Å². The highest BCUT2D eigenvalue weighted by Crippen LogP contribution is 2.31. The van der Waals surface area contributed by atoms with Crippen molar-refractivity contribution in [3.63, 3.8) is 0 Å². The Kier molecular flexibility index (Phi) is 5.83. The highest BCUT2D eigenvalue weighted by Gasteiger charge is 2.31. The summed E-state index contributed by atoms with van der Waals surface area (Å²) in [6, 6.07) is 9.36. The van der Waals surface area contributed by atoms with Crippen molar-refractivity contribution in [1.82, 2.24) is 9.71 Å². The average molecular weight is 481 g/mol. The molecule has 1 fully saturated rings. The van der Waals surface area contributed by atoms with Gasteiger partial charge < -0.3 is 9.72 Å². The van der Waals surface area contributed by atoms with Crippen LogP contribution in [0.1, 0.15) is 40.5 Å². The van der Waals surface area contributed by atoms with Crippen LogP contribution in [0.2, 0.25) is 10.0 Å². The van der Waals surface area contributed by atoms with Gasteiger partial charge in [0.25, 0.3) is 0 Å². The molecule has 7 nitrogen and oxygen atoms in total. The molecule has 0 saturated heterocycles. The first kappa shape index (κ1) is 21.8. The van der Waals surface area contributed by atoms with E-state index in [2.05, 4.69) is 9.71 Å². The number of aromatic nitrogens is 1. The molecule has 1 unspecified atom stereocenters. The number of fused-ring (bicyclic) bond motifs is 1. The fourth-order valence-electron chi connectivity index (χ4n) is 3.15. The smallest absolute Gasteiger partial charge is 0.340 e. The van der Waals surface area contributed by atoms with Crippen LogP contribution in [-0.4, -0.2) is 37.3 Å². The van der Waals surface area contributed by atoms with E-state index in [4.69, 9.17) is 27.9 Å². The van der Waals surface area contributed by atoms with E-state index < -0.39 is 27.9 Å². The molecule has 1 heterocycles. The maximum atomic E-state index is 12.8. The Morgan fingerprint density at radius 3 is 2.55 bits per heavy atom. The van der Waals surface area contributed by atoms with Crippen molar-refractivity contribution in [2.75, 3.05) is 0 Å². The Balaban J connectivity index is 1.57. The topological polar surface area (TPSA) is 105 Å². The fourth-order valence-corrected chi connectivity index (χ4v) is 5.30. The van der Waals surface area contributed by atoms with Crippen molar-refractivity contribution in [3.05, 3.63) is 63.8 Å². The molecule has 1 aliphatic carbocycles. The molecule has 10 heteroatoms. The number of ketones is 1. The van der Waals surface area contributed by atoms with Crippen molar-refractivity contribution >= 4 is 55.9 Å². The highest BCUT2D eigenvalue weighted by atomic mass is 35.5. The first-order valence-corrected chi connectivity index (χ1v) is 11.7. The summed E-state index contributed by atoms with van der Waals surface area (Å²) in [4.78, 5) is 28.3. The Morgan fingerprint density at radius 1 is 1.13 bits per heavy atom. The number of nitrogens with one attached hydrogen (secondary N) is 2. The van der Waals surface area contributed by atoms with E-state index in [0.717, 1.165) is 24.4 Å². The number of carbonyl (C=O) groups excluding carboxylic acids is 2. The Bertz CT molecular complexity index is 1300. The average Bonchev–Trinajstić information content (AvgIpc) is 3.41. The third-order valence-electron chi connectivity index (χ3n) is 4.94. The zero-order valence-corrected chi connectivity index (χ0v) is 18.6. The van der Waals surface area contributed by atoms with Crippen molar-refractivity contribution in [3.8, 4) is 0 Å². The Labute approximate surface area is 188 Å². The van der Waals surface area contributed by atoms with E-state index in [1.807, 2.05) is 12.1 Å². The molecule has 1 saturated carbocycles. The van der Waals surface area contributed by atoms with Gasteiger partial charge in [0, 0.05) is 28.7 Å². The van der Waals surface area contributed by atoms with Crippen LogP contribution in [0.15, 0.2) is 47.5 Å². The number of H-pyrrole nitrogens is 1. The number of aromatic amines is 1. The molecule has 0 amide bonds. The minimum atomic E-state index is -3.92. The van der Waals surface area contributed by atoms with Crippen LogP contribution < -0.4 is 4.72 Å². The lowest BCUT2D eigenvalue weighted by atomic mass is 10.1. The van der Waals surface area contributed by atoms with Crippen molar-refractivity contribution in [2.45, 2.75) is 36.8 Å². The van der Waals surface area contributed by atoms with Crippen LogP contribution >= 0.6 is 23.2 Å². The molecular weight excluding hydrogens is 463 g/mol. The van der Waals surface area contributed by atoms with Crippen LogP contribution in [0, 0.1) is 0 Å². The molecule has 0 radical (unpaired) electrons. The number of hydrogen-bond donors (Lipinski definition) is 2. The number of benzene rings is 2. The largest absolute Gasteiger partial charge is 0.451 e. The standard InChI is InChI=1S/C21H18Cl2N2O5S/c1-11(20(26)15-10-24-18-5-3-2-4-13(15)18)30-21(27)14-8-19(17(23)9-16(14)22)31(28,29)25-12-6-7-12/h2-5,8-12,24-25H,6-7H2,1H3. The zero-order valence-electron chi connectivity index (χ0n) is 16.3. The van der Waals surface area contributed by atoms with Crippen LogP contribution in [0.5, 0.6) is 0 Å². The summed E-state index contributed by atoms with van der Waals surface area (Å²) in [5.74, 6) is -1.33. The Morgan fingerprint density at radius 2 is 1.84 bits per heavy atom. The van der Waals surface area contributed by atoms with Gasteiger partial charge >= 0.3 is 5.97 Å². The fraction of sp³-hybridized carbons (Fsp3) is 0.238. The number of Topliss-reactive ketones (excluding diaryl/α,β-unsaturated/α-hetero) is 1. The monoisotopic (exact) mass is 480 g/mol. The predicted molar refractivity (Wildman–Crippen MR) is 117 cm³/mol. The molecule has 0 spiro atoms. The lowest BCUT2D eigenvalue weighted by Crippen LogP contribution is -2.27. The molecule has 2 N–H and O–H groups in total. The molecular formula is C21H18Cl2N2O5S. The van der Waals surface area contributed by atoms with Crippen LogP contribution in [0.25, 0.3) is 10.9 Å². The van der Waals surface area contributed by atoms with Gasteiger partial charge in [0.2, 0.25) is 15.8 Å². The van der Waals surface area contributed by atoms with Gasteiger partial charge in [-0.3, -0.25) is 4.79 Å². The number of halogens is 2. The number of sulfonamides is 1. The van der Waals surface area contributed by atoms with Crippen molar-refractivity contribution < 1.29 is 22.7 Å². The minimum absolute atomic E-state index is 0.0767. The van der Waals surface area contributed by atoms with E-state index >= 15 is 0 Å². The number of hydrogen-bond acceptors (Lipinski definition) is 5.